The molecular weight excluding hydrogens is 513 g/mol. The third-order valence-corrected chi connectivity index (χ3v) is 6.47. The molecule has 4 rings (SSSR count). The highest BCUT2D eigenvalue weighted by molar-refractivity contribution is 5.82. The number of aryl methyl sites for hydroxylation is 1. The van der Waals surface area contributed by atoms with Crippen molar-refractivity contribution in [2.45, 2.75) is 52.1 Å². The van der Waals surface area contributed by atoms with Gasteiger partial charge in [-0.05, 0) is 37.1 Å². The van der Waals surface area contributed by atoms with E-state index in [1.807, 2.05) is 40.0 Å². The van der Waals surface area contributed by atoms with Crippen LogP contribution in [0.1, 0.15) is 39.5 Å². The second-order valence-electron chi connectivity index (χ2n) is 9.88. The number of anilines is 2. The number of nitrogens with one attached hydrogen (secondary N) is 2. The van der Waals surface area contributed by atoms with Crippen LogP contribution in [0, 0.1) is 5.82 Å². The van der Waals surface area contributed by atoms with Crippen molar-refractivity contribution in [3.05, 3.63) is 60.8 Å². The number of fused-ring (bicyclic) bond motifs is 1. The van der Waals surface area contributed by atoms with Crippen molar-refractivity contribution in [1.82, 2.24) is 30.5 Å². The summed E-state index contributed by atoms with van der Waals surface area (Å²) in [7, 11) is 1.53. The van der Waals surface area contributed by atoms with Gasteiger partial charge in [0, 0.05) is 67.4 Å². The lowest BCUT2D eigenvalue weighted by molar-refractivity contribution is -0.129. The van der Waals surface area contributed by atoms with Crippen LogP contribution in [0.2, 0.25) is 0 Å². The average molecular weight is 550 g/mol. The second-order valence-corrected chi connectivity index (χ2v) is 9.88. The molecule has 0 saturated heterocycles. The van der Waals surface area contributed by atoms with Crippen molar-refractivity contribution in [1.29, 1.82) is 0 Å². The number of hydrogen-bond acceptors (Lipinski definition) is 8. The summed E-state index contributed by atoms with van der Waals surface area (Å²) in [5.74, 6) is -0.288. The molecule has 0 fully saturated rings. The molecule has 11 heteroatoms. The van der Waals surface area contributed by atoms with Gasteiger partial charge in [0.2, 0.25) is 5.91 Å². The first kappa shape index (κ1) is 28.9. The first-order valence-corrected chi connectivity index (χ1v) is 13.4. The average Bonchev–Trinajstić information content (AvgIpc) is 3.43. The first-order valence-electron chi connectivity index (χ1n) is 13.4. The van der Waals surface area contributed by atoms with E-state index in [1.165, 1.54) is 19.2 Å². The quantitative estimate of drug-likeness (QED) is 0.116. The molecule has 2 aromatic carbocycles. The first-order chi connectivity index (χ1) is 19.4. The van der Waals surface area contributed by atoms with E-state index in [-0.39, 0.29) is 11.7 Å². The summed E-state index contributed by atoms with van der Waals surface area (Å²) in [6.45, 7) is 6.20. The van der Waals surface area contributed by atoms with Crippen LogP contribution in [-0.4, -0.2) is 57.1 Å². The zero-order valence-electron chi connectivity index (χ0n) is 23.1. The summed E-state index contributed by atoms with van der Waals surface area (Å²) in [5.41, 5.74) is 6.23. The lowest BCUT2D eigenvalue weighted by Gasteiger charge is -2.26. The van der Waals surface area contributed by atoms with E-state index in [0.29, 0.717) is 55.6 Å². The molecule has 40 heavy (non-hydrogen) atoms. The van der Waals surface area contributed by atoms with Crippen molar-refractivity contribution < 1.29 is 19.1 Å². The molecule has 1 amide bonds. The zero-order chi connectivity index (χ0) is 28.5. The molecular formula is C29H36FN7O3. The Morgan fingerprint density at radius 2 is 1.95 bits per heavy atom. The zero-order valence-corrected chi connectivity index (χ0v) is 23.1. The van der Waals surface area contributed by atoms with Gasteiger partial charge in [-0.25, -0.2) is 14.9 Å². The Morgan fingerprint density at radius 1 is 1.10 bits per heavy atom. The van der Waals surface area contributed by atoms with Crippen molar-refractivity contribution in [2.75, 3.05) is 25.1 Å². The molecule has 0 aliphatic heterocycles. The number of nitrogens with zero attached hydrogens (tertiary/aromatic N) is 5. The van der Waals surface area contributed by atoms with Gasteiger partial charge in [-0.3, -0.25) is 19.7 Å². The maximum absolute atomic E-state index is 14.4. The number of unbranched alkanes of at least 4 members (excludes halogenated alkanes) is 2. The number of ether oxygens (including phenoxy) is 1. The molecule has 0 saturated carbocycles. The standard InChI is InChI=1S/C29H36FN7O3/c1-20(2)31-10-12-37(24-13-22(30)14-25(15-24)40-3)23-8-9-26-27(16-23)34-28(18-32-26)21-17-33-36(19-21)11-6-4-5-7-29(38)35-39/h8-9,13-20,31,39H,4-7,10-12H2,1-3H3,(H,35,38). The minimum absolute atomic E-state index is 0.300. The van der Waals surface area contributed by atoms with Crippen molar-refractivity contribution in [3.63, 3.8) is 0 Å². The van der Waals surface area contributed by atoms with E-state index < -0.39 is 0 Å². The molecule has 0 bridgehead atoms. The number of aromatic nitrogens is 4. The molecule has 212 valence electrons. The largest absolute Gasteiger partial charge is 0.497 e. The van der Waals surface area contributed by atoms with Gasteiger partial charge in [-0.2, -0.15) is 5.10 Å². The van der Waals surface area contributed by atoms with E-state index >= 15 is 0 Å². The molecule has 2 aromatic heterocycles. The summed E-state index contributed by atoms with van der Waals surface area (Å²) in [5, 5.41) is 16.4. The van der Waals surface area contributed by atoms with Gasteiger partial charge in [0.15, 0.2) is 0 Å². The topological polar surface area (TPSA) is 117 Å². The fraction of sp³-hybridized carbons (Fsp3) is 0.379. The highest BCUT2D eigenvalue weighted by Crippen LogP contribution is 2.31. The van der Waals surface area contributed by atoms with Crippen LogP contribution in [0.4, 0.5) is 15.8 Å². The molecule has 0 atom stereocenters. The molecule has 2 heterocycles. The molecule has 4 aromatic rings. The van der Waals surface area contributed by atoms with Crippen LogP contribution in [0.3, 0.4) is 0 Å². The van der Waals surface area contributed by atoms with E-state index in [1.54, 1.807) is 17.9 Å². The summed E-state index contributed by atoms with van der Waals surface area (Å²) in [6.07, 6.45) is 8.14. The minimum atomic E-state index is -0.370. The van der Waals surface area contributed by atoms with Gasteiger partial charge in [-0.15, -0.1) is 0 Å². The molecule has 3 N–H and O–H groups in total. The van der Waals surface area contributed by atoms with Gasteiger partial charge >= 0.3 is 0 Å². The van der Waals surface area contributed by atoms with Crippen LogP contribution < -0.4 is 20.4 Å². The lowest BCUT2D eigenvalue weighted by Crippen LogP contribution is -2.32. The van der Waals surface area contributed by atoms with Crippen LogP contribution in [0.15, 0.2) is 55.0 Å². The van der Waals surface area contributed by atoms with Crippen molar-refractivity contribution >= 4 is 28.3 Å². The number of methoxy groups -OCH3 is 1. The smallest absolute Gasteiger partial charge is 0.243 e. The van der Waals surface area contributed by atoms with E-state index in [2.05, 4.69) is 29.2 Å². The maximum atomic E-state index is 14.4. The molecule has 0 spiro atoms. The minimum Gasteiger partial charge on any atom is -0.497 e. The highest BCUT2D eigenvalue weighted by atomic mass is 19.1. The normalized spacial score (nSPS) is 11.2. The number of amides is 1. The molecule has 0 aliphatic carbocycles. The van der Waals surface area contributed by atoms with Gasteiger partial charge in [0.1, 0.15) is 11.6 Å². The van der Waals surface area contributed by atoms with Gasteiger partial charge in [-0.1, -0.05) is 20.3 Å². The third-order valence-electron chi connectivity index (χ3n) is 6.47. The molecule has 0 aliphatic rings. The number of halogens is 1. The van der Waals surface area contributed by atoms with Crippen LogP contribution in [0.5, 0.6) is 5.75 Å². The predicted molar refractivity (Wildman–Crippen MR) is 152 cm³/mol. The molecule has 0 unspecified atom stereocenters. The Kier molecular flexibility index (Phi) is 9.98. The maximum Gasteiger partial charge on any atom is 0.243 e. The number of carbonyl (C=O) groups is 1. The van der Waals surface area contributed by atoms with E-state index in [9.17, 15) is 9.18 Å². The van der Waals surface area contributed by atoms with E-state index in [0.717, 1.165) is 35.1 Å². The SMILES string of the molecule is COc1cc(F)cc(N(CCNC(C)C)c2ccc3ncc(-c4cnn(CCCCCC(=O)NO)c4)nc3c2)c1. The highest BCUT2D eigenvalue weighted by Gasteiger charge is 2.15. The summed E-state index contributed by atoms with van der Waals surface area (Å²) >= 11 is 0. The molecule has 10 nitrogen and oxygen atoms in total. The monoisotopic (exact) mass is 549 g/mol. The van der Waals surface area contributed by atoms with Crippen LogP contribution in [-0.2, 0) is 11.3 Å². The summed E-state index contributed by atoms with van der Waals surface area (Å²) < 4.78 is 21.6. The van der Waals surface area contributed by atoms with Crippen molar-refractivity contribution in [2.24, 2.45) is 0 Å². The van der Waals surface area contributed by atoms with Gasteiger partial charge < -0.3 is 15.0 Å². The summed E-state index contributed by atoms with van der Waals surface area (Å²) in [6, 6.07) is 10.9. The fourth-order valence-electron chi connectivity index (χ4n) is 4.41. The van der Waals surface area contributed by atoms with Gasteiger partial charge in [0.05, 0.1) is 36.2 Å². The predicted octanol–water partition coefficient (Wildman–Crippen LogP) is 4.84. The van der Waals surface area contributed by atoms with E-state index in [4.69, 9.17) is 14.9 Å². The lowest BCUT2D eigenvalue weighted by atomic mass is 10.2. The Morgan fingerprint density at radius 3 is 2.73 bits per heavy atom. The number of benzene rings is 2. The number of carbonyl (C=O) groups excluding carboxylic acids is 1. The number of hydroxylamine groups is 1. The third kappa shape index (κ3) is 7.73. The Bertz CT molecular complexity index is 1430. The Labute approximate surface area is 233 Å². The molecule has 0 radical (unpaired) electrons. The summed E-state index contributed by atoms with van der Waals surface area (Å²) in [4.78, 5) is 22.6. The second kappa shape index (κ2) is 13.8. The number of hydrogen-bond donors (Lipinski definition) is 3. The van der Waals surface area contributed by atoms with Crippen molar-refractivity contribution in [3.8, 4) is 17.0 Å². The number of rotatable bonds is 14. The van der Waals surface area contributed by atoms with Crippen LogP contribution >= 0.6 is 0 Å². The van der Waals surface area contributed by atoms with Gasteiger partial charge in [0.25, 0.3) is 0 Å². The van der Waals surface area contributed by atoms with Crippen LogP contribution in [0.25, 0.3) is 22.3 Å². The fourth-order valence-corrected chi connectivity index (χ4v) is 4.41. The Hall–Kier alpha value is -4.09. The Balaban J connectivity index is 1.54.